The fourth-order valence-electron chi connectivity index (χ4n) is 3.66. The molecule has 1 saturated carbocycles. The van der Waals surface area contributed by atoms with Crippen LogP contribution in [0.2, 0.25) is 0 Å². The van der Waals surface area contributed by atoms with Crippen LogP contribution in [0.1, 0.15) is 45.4 Å². The first kappa shape index (κ1) is 15.0. The maximum atomic E-state index is 5.86. The lowest BCUT2D eigenvalue weighted by Crippen LogP contribution is -2.43. The molecular formula is C16H28N4O. The second-order valence-electron chi connectivity index (χ2n) is 6.70. The summed E-state index contributed by atoms with van der Waals surface area (Å²) in [7, 11) is 0. The van der Waals surface area contributed by atoms with Gasteiger partial charge in [0.25, 0.3) is 0 Å². The highest BCUT2D eigenvalue weighted by molar-refractivity contribution is 4.81. The molecule has 1 aliphatic carbocycles. The number of aromatic nitrogens is 3. The van der Waals surface area contributed by atoms with Gasteiger partial charge in [0.2, 0.25) is 0 Å². The van der Waals surface area contributed by atoms with Crippen molar-refractivity contribution in [2.75, 3.05) is 19.7 Å². The third-order valence-electron chi connectivity index (χ3n) is 5.05. The van der Waals surface area contributed by atoms with E-state index in [4.69, 9.17) is 4.74 Å². The Morgan fingerprint density at radius 3 is 2.76 bits per heavy atom. The fourth-order valence-corrected chi connectivity index (χ4v) is 3.66. The number of nitrogens with zero attached hydrogens (tertiary/aromatic N) is 4. The van der Waals surface area contributed by atoms with Crippen molar-refractivity contribution >= 4 is 0 Å². The standard InChI is InChI=1S/C16H28N4O/c1-14-4-6-15(7-5-14)19(11-16-3-2-10-21-16)8-9-20-13-17-12-18-20/h12-16H,2-11H2,1H3/t14?,15?,16-/m1/s1. The van der Waals surface area contributed by atoms with Gasteiger partial charge in [-0.15, -0.1) is 0 Å². The van der Waals surface area contributed by atoms with E-state index in [0.717, 1.165) is 38.2 Å². The Bertz CT molecular complexity index is 394. The molecule has 1 aliphatic heterocycles. The van der Waals surface area contributed by atoms with E-state index in [9.17, 15) is 0 Å². The predicted octanol–water partition coefficient (Wildman–Crippen LogP) is 2.34. The summed E-state index contributed by atoms with van der Waals surface area (Å²) in [5.74, 6) is 0.904. The smallest absolute Gasteiger partial charge is 0.137 e. The molecule has 0 aromatic carbocycles. The molecule has 0 radical (unpaired) electrons. The molecule has 1 aromatic rings. The van der Waals surface area contributed by atoms with Crippen LogP contribution in [0.15, 0.2) is 12.7 Å². The zero-order valence-electron chi connectivity index (χ0n) is 13.2. The van der Waals surface area contributed by atoms with Crippen molar-refractivity contribution in [1.82, 2.24) is 19.7 Å². The molecular weight excluding hydrogens is 264 g/mol. The fraction of sp³-hybridized carbons (Fsp3) is 0.875. The van der Waals surface area contributed by atoms with Crippen LogP contribution < -0.4 is 0 Å². The van der Waals surface area contributed by atoms with E-state index in [2.05, 4.69) is 21.9 Å². The molecule has 118 valence electrons. The molecule has 0 amide bonds. The summed E-state index contributed by atoms with van der Waals surface area (Å²) in [5.41, 5.74) is 0. The lowest BCUT2D eigenvalue weighted by atomic mass is 9.86. The molecule has 1 atom stereocenters. The minimum Gasteiger partial charge on any atom is -0.377 e. The Morgan fingerprint density at radius 1 is 1.24 bits per heavy atom. The Balaban J connectivity index is 1.56. The van der Waals surface area contributed by atoms with Gasteiger partial charge in [0.1, 0.15) is 12.7 Å². The lowest BCUT2D eigenvalue weighted by molar-refractivity contribution is 0.0428. The van der Waals surface area contributed by atoms with Crippen LogP contribution in [0.25, 0.3) is 0 Å². The first-order chi connectivity index (χ1) is 10.3. The van der Waals surface area contributed by atoms with Gasteiger partial charge in [-0.05, 0) is 44.4 Å². The van der Waals surface area contributed by atoms with Crippen LogP contribution in [-0.4, -0.2) is 51.5 Å². The van der Waals surface area contributed by atoms with Crippen molar-refractivity contribution in [3.05, 3.63) is 12.7 Å². The van der Waals surface area contributed by atoms with Crippen molar-refractivity contribution in [3.63, 3.8) is 0 Å². The molecule has 21 heavy (non-hydrogen) atoms. The highest BCUT2D eigenvalue weighted by Crippen LogP contribution is 2.28. The van der Waals surface area contributed by atoms with Gasteiger partial charge in [0, 0.05) is 25.7 Å². The van der Waals surface area contributed by atoms with Crippen LogP contribution in [0.4, 0.5) is 0 Å². The second-order valence-corrected chi connectivity index (χ2v) is 6.70. The lowest BCUT2D eigenvalue weighted by Gasteiger charge is -2.37. The van der Waals surface area contributed by atoms with E-state index in [1.807, 2.05) is 11.0 Å². The van der Waals surface area contributed by atoms with Crippen molar-refractivity contribution in [1.29, 1.82) is 0 Å². The first-order valence-corrected chi connectivity index (χ1v) is 8.49. The van der Waals surface area contributed by atoms with Crippen molar-refractivity contribution in [3.8, 4) is 0 Å². The van der Waals surface area contributed by atoms with E-state index in [1.54, 1.807) is 6.33 Å². The first-order valence-electron chi connectivity index (χ1n) is 8.49. The molecule has 0 unspecified atom stereocenters. The van der Waals surface area contributed by atoms with Gasteiger partial charge in [0.05, 0.1) is 12.6 Å². The maximum absolute atomic E-state index is 5.86. The normalized spacial score (nSPS) is 30.1. The highest BCUT2D eigenvalue weighted by atomic mass is 16.5. The van der Waals surface area contributed by atoms with E-state index in [0.29, 0.717) is 6.10 Å². The van der Waals surface area contributed by atoms with Crippen LogP contribution >= 0.6 is 0 Å². The zero-order valence-corrected chi connectivity index (χ0v) is 13.2. The monoisotopic (exact) mass is 292 g/mol. The molecule has 0 N–H and O–H groups in total. The summed E-state index contributed by atoms with van der Waals surface area (Å²) in [6.07, 6.45) is 11.7. The highest BCUT2D eigenvalue weighted by Gasteiger charge is 2.27. The molecule has 1 saturated heterocycles. The van der Waals surface area contributed by atoms with Gasteiger partial charge in [0.15, 0.2) is 0 Å². The van der Waals surface area contributed by atoms with Crippen LogP contribution in [0, 0.1) is 5.92 Å². The Kier molecular flexibility index (Phi) is 5.25. The van der Waals surface area contributed by atoms with Crippen molar-refractivity contribution in [2.24, 2.45) is 5.92 Å². The van der Waals surface area contributed by atoms with Crippen LogP contribution in [0.5, 0.6) is 0 Å². The number of hydrogen-bond donors (Lipinski definition) is 0. The van der Waals surface area contributed by atoms with Gasteiger partial charge < -0.3 is 4.74 Å². The van der Waals surface area contributed by atoms with Crippen LogP contribution in [-0.2, 0) is 11.3 Å². The van der Waals surface area contributed by atoms with Gasteiger partial charge in [-0.1, -0.05) is 6.92 Å². The van der Waals surface area contributed by atoms with Gasteiger partial charge >= 0.3 is 0 Å². The Hall–Kier alpha value is -0.940. The Morgan fingerprint density at radius 2 is 2.10 bits per heavy atom. The quantitative estimate of drug-likeness (QED) is 0.807. The molecule has 2 heterocycles. The molecule has 1 aromatic heterocycles. The van der Waals surface area contributed by atoms with Crippen LogP contribution in [0.3, 0.4) is 0 Å². The van der Waals surface area contributed by atoms with E-state index in [1.165, 1.54) is 38.5 Å². The predicted molar refractivity (Wildman–Crippen MR) is 82.0 cm³/mol. The van der Waals surface area contributed by atoms with Crippen molar-refractivity contribution < 1.29 is 4.74 Å². The average molecular weight is 292 g/mol. The minimum atomic E-state index is 0.445. The van der Waals surface area contributed by atoms with E-state index < -0.39 is 0 Å². The molecule has 2 aliphatic rings. The van der Waals surface area contributed by atoms with Crippen molar-refractivity contribution in [2.45, 2.75) is 64.1 Å². The third-order valence-corrected chi connectivity index (χ3v) is 5.05. The molecule has 5 nitrogen and oxygen atoms in total. The Labute approximate surface area is 127 Å². The number of ether oxygens (including phenoxy) is 1. The molecule has 3 rings (SSSR count). The maximum Gasteiger partial charge on any atom is 0.137 e. The summed E-state index contributed by atoms with van der Waals surface area (Å²) in [5, 5.41) is 4.22. The molecule has 0 bridgehead atoms. The second kappa shape index (κ2) is 7.36. The summed E-state index contributed by atoms with van der Waals surface area (Å²) in [4.78, 5) is 6.69. The summed E-state index contributed by atoms with van der Waals surface area (Å²) in [6.45, 7) is 6.41. The summed E-state index contributed by atoms with van der Waals surface area (Å²) in [6, 6.07) is 0.730. The summed E-state index contributed by atoms with van der Waals surface area (Å²) >= 11 is 0. The third kappa shape index (κ3) is 4.27. The van der Waals surface area contributed by atoms with E-state index >= 15 is 0 Å². The van der Waals surface area contributed by atoms with E-state index in [-0.39, 0.29) is 0 Å². The molecule has 0 spiro atoms. The minimum absolute atomic E-state index is 0.445. The van der Waals surface area contributed by atoms with Gasteiger partial charge in [-0.2, -0.15) is 5.10 Å². The molecule has 5 heteroatoms. The van der Waals surface area contributed by atoms with Gasteiger partial charge in [-0.3, -0.25) is 9.58 Å². The topological polar surface area (TPSA) is 43.2 Å². The SMILES string of the molecule is CC1CCC(N(CCn2cncn2)C[C@H]2CCCO2)CC1. The number of rotatable bonds is 6. The van der Waals surface area contributed by atoms with Gasteiger partial charge in [-0.25, -0.2) is 4.98 Å². The molecule has 2 fully saturated rings. The summed E-state index contributed by atoms with van der Waals surface area (Å²) < 4.78 is 7.79. The number of hydrogen-bond acceptors (Lipinski definition) is 4. The zero-order chi connectivity index (χ0) is 14.5. The average Bonchev–Trinajstić information content (AvgIpc) is 3.18. The largest absolute Gasteiger partial charge is 0.377 e.